The molecule has 0 radical (unpaired) electrons. The average molecular weight is 256 g/mol. The first-order valence-electron chi connectivity index (χ1n) is 6.48. The second kappa shape index (κ2) is 5.69. The van der Waals surface area contributed by atoms with E-state index in [0.717, 1.165) is 22.9 Å². The predicted octanol–water partition coefficient (Wildman–Crippen LogP) is 3.69. The summed E-state index contributed by atoms with van der Waals surface area (Å²) >= 11 is 0. The summed E-state index contributed by atoms with van der Waals surface area (Å²) in [6.07, 6.45) is 1.57. The van der Waals surface area contributed by atoms with Crippen molar-refractivity contribution in [3.8, 4) is 0 Å². The fourth-order valence-electron chi connectivity index (χ4n) is 2.07. The molecule has 1 heterocycles. The Bertz CT molecular complexity index is 564. The number of rotatable bonds is 4. The van der Waals surface area contributed by atoms with Gasteiger partial charge in [-0.1, -0.05) is 32.0 Å². The van der Waals surface area contributed by atoms with E-state index in [1.807, 2.05) is 20.0 Å². The summed E-state index contributed by atoms with van der Waals surface area (Å²) in [5, 5.41) is 6.47. The van der Waals surface area contributed by atoms with Crippen LogP contribution in [0, 0.1) is 6.92 Å². The maximum Gasteiger partial charge on any atom is 0.138 e. The summed E-state index contributed by atoms with van der Waals surface area (Å²) in [5.74, 6) is 2.15. The maximum atomic E-state index is 4.32. The molecule has 2 aromatic rings. The van der Waals surface area contributed by atoms with Gasteiger partial charge >= 0.3 is 0 Å². The van der Waals surface area contributed by atoms with Crippen LogP contribution in [-0.4, -0.2) is 17.0 Å². The van der Waals surface area contributed by atoms with Crippen LogP contribution in [0.1, 0.15) is 30.9 Å². The van der Waals surface area contributed by atoms with E-state index in [2.05, 4.69) is 52.6 Å². The van der Waals surface area contributed by atoms with Crippen LogP contribution >= 0.6 is 0 Å². The van der Waals surface area contributed by atoms with Crippen LogP contribution in [0.2, 0.25) is 0 Å². The topological polar surface area (TPSA) is 49.8 Å². The molecule has 0 saturated carbocycles. The smallest absolute Gasteiger partial charge is 0.138 e. The number of hydrogen-bond acceptors (Lipinski definition) is 4. The Kier molecular flexibility index (Phi) is 4.00. The lowest BCUT2D eigenvalue weighted by Gasteiger charge is -2.16. The lowest BCUT2D eigenvalue weighted by Crippen LogP contribution is -2.04. The molecule has 1 aromatic heterocycles. The van der Waals surface area contributed by atoms with Crippen LogP contribution in [-0.2, 0) is 0 Å². The molecular formula is C15H20N4. The lowest BCUT2D eigenvalue weighted by molar-refractivity contribution is 0.868. The second-order valence-corrected chi connectivity index (χ2v) is 4.81. The highest BCUT2D eigenvalue weighted by Gasteiger charge is 2.09. The molecule has 0 aliphatic rings. The molecule has 4 heteroatoms. The molecule has 100 valence electrons. The van der Waals surface area contributed by atoms with Crippen molar-refractivity contribution in [2.24, 2.45) is 0 Å². The summed E-state index contributed by atoms with van der Waals surface area (Å²) in [6.45, 7) is 6.38. The van der Waals surface area contributed by atoms with Gasteiger partial charge in [0.15, 0.2) is 0 Å². The van der Waals surface area contributed by atoms with Gasteiger partial charge in [0.25, 0.3) is 0 Å². The molecule has 2 rings (SSSR count). The minimum atomic E-state index is 0.467. The highest BCUT2D eigenvalue weighted by molar-refractivity contribution is 5.66. The Morgan fingerprint density at radius 2 is 1.74 bits per heavy atom. The predicted molar refractivity (Wildman–Crippen MR) is 80.1 cm³/mol. The first-order valence-corrected chi connectivity index (χ1v) is 6.48. The molecule has 2 N–H and O–H groups in total. The largest absolute Gasteiger partial charge is 0.373 e. The molecule has 0 amide bonds. The summed E-state index contributed by atoms with van der Waals surface area (Å²) in [4.78, 5) is 8.51. The number of para-hydroxylation sites is 1. The quantitative estimate of drug-likeness (QED) is 0.876. The molecular weight excluding hydrogens is 236 g/mol. The molecule has 0 aliphatic carbocycles. The van der Waals surface area contributed by atoms with Gasteiger partial charge in [-0.3, -0.25) is 0 Å². The fourth-order valence-corrected chi connectivity index (χ4v) is 2.07. The standard InChI is InChI=1S/C15H20N4/c1-10(2)12-7-5-6-8-13(12)19-15-11(3)14(16-4)17-9-18-15/h5-10H,1-4H3,(H2,16,17,18,19). The Morgan fingerprint density at radius 3 is 2.42 bits per heavy atom. The number of nitrogens with one attached hydrogen (secondary N) is 2. The summed E-state index contributed by atoms with van der Waals surface area (Å²) in [7, 11) is 1.86. The van der Waals surface area contributed by atoms with Crippen molar-refractivity contribution < 1.29 is 0 Å². The van der Waals surface area contributed by atoms with E-state index in [9.17, 15) is 0 Å². The minimum absolute atomic E-state index is 0.467. The fraction of sp³-hybridized carbons (Fsp3) is 0.333. The molecule has 0 fully saturated rings. The third kappa shape index (κ3) is 2.84. The van der Waals surface area contributed by atoms with E-state index in [0.29, 0.717) is 5.92 Å². The van der Waals surface area contributed by atoms with Crippen molar-refractivity contribution in [1.82, 2.24) is 9.97 Å². The van der Waals surface area contributed by atoms with E-state index < -0.39 is 0 Å². The molecule has 0 aliphatic heterocycles. The summed E-state index contributed by atoms with van der Waals surface area (Å²) in [5.41, 5.74) is 3.40. The van der Waals surface area contributed by atoms with Crippen LogP contribution in [0.4, 0.5) is 17.3 Å². The first kappa shape index (κ1) is 13.3. The van der Waals surface area contributed by atoms with Crippen molar-refractivity contribution in [2.75, 3.05) is 17.7 Å². The van der Waals surface area contributed by atoms with Gasteiger partial charge in [-0.25, -0.2) is 9.97 Å². The molecule has 4 nitrogen and oxygen atoms in total. The first-order chi connectivity index (χ1) is 9.13. The number of aromatic nitrogens is 2. The Labute approximate surface area is 114 Å². The molecule has 0 saturated heterocycles. The van der Waals surface area contributed by atoms with Crippen LogP contribution in [0.25, 0.3) is 0 Å². The Balaban J connectivity index is 2.37. The van der Waals surface area contributed by atoms with Gasteiger partial charge in [0.1, 0.15) is 18.0 Å². The zero-order chi connectivity index (χ0) is 13.8. The molecule has 1 aromatic carbocycles. The van der Waals surface area contributed by atoms with Crippen molar-refractivity contribution in [3.05, 3.63) is 41.7 Å². The lowest BCUT2D eigenvalue weighted by atomic mass is 10.0. The third-order valence-electron chi connectivity index (χ3n) is 3.16. The van der Waals surface area contributed by atoms with Gasteiger partial charge in [0.05, 0.1) is 0 Å². The Hall–Kier alpha value is -2.10. The zero-order valence-electron chi connectivity index (χ0n) is 11.9. The number of hydrogen-bond donors (Lipinski definition) is 2. The Morgan fingerprint density at radius 1 is 1.05 bits per heavy atom. The van der Waals surface area contributed by atoms with Gasteiger partial charge in [0.2, 0.25) is 0 Å². The average Bonchev–Trinajstić information content (AvgIpc) is 2.41. The van der Waals surface area contributed by atoms with Gasteiger partial charge in [-0.2, -0.15) is 0 Å². The van der Waals surface area contributed by atoms with Crippen molar-refractivity contribution in [1.29, 1.82) is 0 Å². The number of benzene rings is 1. The molecule has 19 heavy (non-hydrogen) atoms. The second-order valence-electron chi connectivity index (χ2n) is 4.81. The van der Waals surface area contributed by atoms with Gasteiger partial charge in [0, 0.05) is 18.3 Å². The molecule has 0 atom stereocenters. The van der Waals surface area contributed by atoms with E-state index >= 15 is 0 Å². The van der Waals surface area contributed by atoms with Gasteiger partial charge in [-0.05, 0) is 24.5 Å². The van der Waals surface area contributed by atoms with Gasteiger partial charge in [-0.15, -0.1) is 0 Å². The van der Waals surface area contributed by atoms with Gasteiger partial charge < -0.3 is 10.6 Å². The maximum absolute atomic E-state index is 4.32. The minimum Gasteiger partial charge on any atom is -0.373 e. The van der Waals surface area contributed by atoms with Crippen molar-refractivity contribution in [2.45, 2.75) is 26.7 Å². The third-order valence-corrected chi connectivity index (χ3v) is 3.16. The van der Waals surface area contributed by atoms with E-state index in [-0.39, 0.29) is 0 Å². The molecule has 0 unspecified atom stereocenters. The number of anilines is 3. The monoisotopic (exact) mass is 256 g/mol. The van der Waals surface area contributed by atoms with Crippen LogP contribution in [0.15, 0.2) is 30.6 Å². The SMILES string of the molecule is CNc1ncnc(Nc2ccccc2C(C)C)c1C. The zero-order valence-corrected chi connectivity index (χ0v) is 11.9. The van der Waals surface area contributed by atoms with Crippen molar-refractivity contribution >= 4 is 17.3 Å². The number of nitrogens with zero attached hydrogens (tertiary/aromatic N) is 2. The highest BCUT2D eigenvalue weighted by atomic mass is 15.1. The van der Waals surface area contributed by atoms with E-state index in [4.69, 9.17) is 0 Å². The molecule has 0 spiro atoms. The summed E-state index contributed by atoms with van der Waals surface area (Å²) in [6, 6.07) is 8.31. The molecule has 0 bridgehead atoms. The van der Waals surface area contributed by atoms with E-state index in [1.54, 1.807) is 6.33 Å². The van der Waals surface area contributed by atoms with Crippen LogP contribution in [0.3, 0.4) is 0 Å². The van der Waals surface area contributed by atoms with E-state index in [1.165, 1.54) is 5.56 Å². The highest BCUT2D eigenvalue weighted by Crippen LogP contribution is 2.28. The van der Waals surface area contributed by atoms with Crippen molar-refractivity contribution in [3.63, 3.8) is 0 Å². The summed E-state index contributed by atoms with van der Waals surface area (Å²) < 4.78 is 0. The normalized spacial score (nSPS) is 10.6. The van der Waals surface area contributed by atoms with Crippen LogP contribution in [0.5, 0.6) is 0 Å². The van der Waals surface area contributed by atoms with Crippen LogP contribution < -0.4 is 10.6 Å².